The first kappa shape index (κ1) is 14.7. The van der Waals surface area contributed by atoms with Gasteiger partial charge in [0.15, 0.2) is 23.5 Å². The van der Waals surface area contributed by atoms with Gasteiger partial charge in [0.05, 0.1) is 6.42 Å². The molecule has 0 fully saturated rings. The van der Waals surface area contributed by atoms with Crippen LogP contribution in [0, 0.1) is 0 Å². The Labute approximate surface area is 119 Å². The zero-order valence-corrected chi connectivity index (χ0v) is 10.8. The second-order valence-electron chi connectivity index (χ2n) is 4.52. The van der Waals surface area contributed by atoms with Gasteiger partial charge in [-0.25, -0.2) is 0 Å². The molecular formula is C15H12O6. The lowest BCUT2D eigenvalue weighted by Crippen LogP contribution is -2.34. The average molecular weight is 288 g/mol. The molecule has 3 N–H and O–H groups in total. The third-order valence-electron chi connectivity index (χ3n) is 3.00. The monoisotopic (exact) mass is 288 g/mol. The van der Waals surface area contributed by atoms with Gasteiger partial charge in [0.25, 0.3) is 0 Å². The summed E-state index contributed by atoms with van der Waals surface area (Å²) in [5.41, 5.74) is 0.0262. The van der Waals surface area contributed by atoms with Crippen molar-refractivity contribution in [1.82, 2.24) is 0 Å². The van der Waals surface area contributed by atoms with Gasteiger partial charge in [0.1, 0.15) is 17.1 Å². The highest BCUT2D eigenvalue weighted by atomic mass is 16.3. The van der Waals surface area contributed by atoms with Gasteiger partial charge in [0, 0.05) is 0 Å². The maximum atomic E-state index is 11.9. The topological polar surface area (TPSA) is 112 Å². The van der Waals surface area contributed by atoms with E-state index in [4.69, 9.17) is 5.11 Å². The Balaban J connectivity index is 2.25. The van der Waals surface area contributed by atoms with Crippen LogP contribution in [0.3, 0.4) is 0 Å². The zero-order valence-electron chi connectivity index (χ0n) is 10.8. The van der Waals surface area contributed by atoms with Crippen molar-refractivity contribution in [3.63, 3.8) is 0 Å². The fourth-order valence-electron chi connectivity index (χ4n) is 1.88. The van der Waals surface area contributed by atoms with E-state index in [9.17, 15) is 24.6 Å². The normalized spacial score (nSPS) is 19.4. The number of hydrogen-bond donors (Lipinski definition) is 3. The molecule has 0 aliphatic heterocycles. The Morgan fingerprint density at radius 1 is 1.14 bits per heavy atom. The summed E-state index contributed by atoms with van der Waals surface area (Å²) < 4.78 is 0. The molecular weight excluding hydrogens is 276 g/mol. The van der Waals surface area contributed by atoms with Gasteiger partial charge in [-0.1, -0.05) is 18.2 Å². The molecule has 6 heteroatoms. The number of aromatic hydroxyl groups is 1. The van der Waals surface area contributed by atoms with Crippen LogP contribution in [0.15, 0.2) is 41.7 Å². The fraction of sp³-hybridized carbons (Fsp3) is 0.133. The molecule has 1 aliphatic rings. The summed E-state index contributed by atoms with van der Waals surface area (Å²) >= 11 is 0. The molecule has 1 aliphatic carbocycles. The maximum absolute atomic E-state index is 11.9. The molecule has 0 saturated heterocycles. The molecule has 0 spiro atoms. The van der Waals surface area contributed by atoms with Gasteiger partial charge < -0.3 is 15.3 Å². The van der Waals surface area contributed by atoms with Crippen LogP contribution in [-0.2, 0) is 14.4 Å². The first-order valence-corrected chi connectivity index (χ1v) is 6.08. The number of aliphatic hydroxyl groups is 2. The standard InChI is InChI=1S/C15H12O6/c16-9-4-1-8(2-5-9)3-6-10(17)13-11(18)7-12(19)14(20)15(13)21/h1-6,14,16,20-21H,7H2/b6-3+. The molecule has 21 heavy (non-hydrogen) atoms. The minimum atomic E-state index is -1.83. The third-order valence-corrected chi connectivity index (χ3v) is 3.00. The number of phenolic OH excluding ortho intramolecular Hbond substituents is 1. The van der Waals surface area contributed by atoms with Crippen LogP contribution in [0.5, 0.6) is 5.75 Å². The summed E-state index contributed by atoms with van der Waals surface area (Å²) in [6, 6.07) is 5.95. The molecule has 0 aromatic heterocycles. The van der Waals surface area contributed by atoms with Gasteiger partial charge >= 0.3 is 0 Å². The van der Waals surface area contributed by atoms with Crippen molar-refractivity contribution in [2.24, 2.45) is 0 Å². The quantitative estimate of drug-likeness (QED) is 0.428. The van der Waals surface area contributed by atoms with Crippen molar-refractivity contribution in [2.45, 2.75) is 12.5 Å². The van der Waals surface area contributed by atoms with Crippen LogP contribution in [-0.4, -0.2) is 38.8 Å². The summed E-state index contributed by atoms with van der Waals surface area (Å²) in [7, 11) is 0. The van der Waals surface area contributed by atoms with E-state index in [-0.39, 0.29) is 5.75 Å². The number of Topliss-reactive ketones (excluding diaryl/α,β-unsaturated/α-hetero) is 2. The molecule has 1 atom stereocenters. The average Bonchev–Trinajstić information content (AvgIpc) is 2.44. The molecule has 108 valence electrons. The molecule has 0 bridgehead atoms. The van der Waals surface area contributed by atoms with E-state index < -0.39 is 41.2 Å². The summed E-state index contributed by atoms with van der Waals surface area (Å²) in [5.74, 6) is -3.28. The number of hydrogen-bond acceptors (Lipinski definition) is 6. The van der Waals surface area contributed by atoms with Gasteiger partial charge in [-0.05, 0) is 23.8 Å². The number of rotatable bonds is 3. The van der Waals surface area contributed by atoms with Crippen molar-refractivity contribution in [1.29, 1.82) is 0 Å². The minimum Gasteiger partial charge on any atom is -0.508 e. The molecule has 0 amide bonds. The van der Waals surface area contributed by atoms with Gasteiger partial charge in [0.2, 0.25) is 0 Å². The first-order chi connectivity index (χ1) is 9.90. The van der Waals surface area contributed by atoms with E-state index in [0.717, 1.165) is 6.08 Å². The molecule has 2 rings (SSSR count). The molecule has 1 aromatic carbocycles. The van der Waals surface area contributed by atoms with Gasteiger partial charge in [-0.3, -0.25) is 14.4 Å². The molecule has 0 radical (unpaired) electrons. The Bertz CT molecular complexity index is 666. The summed E-state index contributed by atoms with van der Waals surface area (Å²) in [5, 5.41) is 28.1. The minimum absolute atomic E-state index is 0.0722. The number of ketones is 3. The Morgan fingerprint density at radius 2 is 1.76 bits per heavy atom. The highest BCUT2D eigenvalue weighted by Gasteiger charge is 2.36. The molecule has 0 heterocycles. The molecule has 1 unspecified atom stereocenters. The second-order valence-corrected chi connectivity index (χ2v) is 4.52. The van der Waals surface area contributed by atoms with Gasteiger partial charge in [-0.15, -0.1) is 0 Å². The van der Waals surface area contributed by atoms with E-state index in [1.807, 2.05) is 0 Å². The number of phenols is 1. The Morgan fingerprint density at radius 3 is 2.38 bits per heavy atom. The largest absolute Gasteiger partial charge is 0.508 e. The fourth-order valence-corrected chi connectivity index (χ4v) is 1.88. The molecule has 6 nitrogen and oxygen atoms in total. The lowest BCUT2D eigenvalue weighted by molar-refractivity contribution is -0.133. The molecule has 1 aromatic rings. The van der Waals surface area contributed by atoms with Crippen molar-refractivity contribution in [3.8, 4) is 5.75 Å². The van der Waals surface area contributed by atoms with E-state index >= 15 is 0 Å². The summed E-state index contributed by atoms with van der Waals surface area (Å²) in [6.45, 7) is 0. The van der Waals surface area contributed by atoms with Crippen LogP contribution < -0.4 is 0 Å². The van der Waals surface area contributed by atoms with Crippen molar-refractivity contribution >= 4 is 23.4 Å². The van der Waals surface area contributed by atoms with Gasteiger partial charge in [-0.2, -0.15) is 0 Å². The number of benzene rings is 1. The van der Waals surface area contributed by atoms with E-state index in [1.165, 1.54) is 18.2 Å². The Kier molecular flexibility index (Phi) is 4.00. The van der Waals surface area contributed by atoms with Crippen LogP contribution in [0.1, 0.15) is 12.0 Å². The number of allylic oxidation sites excluding steroid dienone is 2. The maximum Gasteiger partial charge on any atom is 0.192 e. The molecule has 0 saturated carbocycles. The van der Waals surface area contributed by atoms with Crippen LogP contribution in [0.4, 0.5) is 0 Å². The van der Waals surface area contributed by atoms with Crippen molar-refractivity contribution in [2.75, 3.05) is 0 Å². The first-order valence-electron chi connectivity index (χ1n) is 6.08. The highest BCUT2D eigenvalue weighted by molar-refractivity contribution is 6.30. The number of carbonyl (C=O) groups is 3. The predicted molar refractivity (Wildman–Crippen MR) is 72.4 cm³/mol. The summed E-state index contributed by atoms with van der Waals surface area (Å²) in [6.07, 6.45) is -0.000679. The predicted octanol–water partition coefficient (Wildman–Crippen LogP) is 0.689. The van der Waals surface area contributed by atoms with Crippen molar-refractivity contribution in [3.05, 3.63) is 47.2 Å². The summed E-state index contributed by atoms with van der Waals surface area (Å²) in [4.78, 5) is 34.7. The zero-order chi connectivity index (χ0) is 15.6. The smallest absolute Gasteiger partial charge is 0.192 e. The third kappa shape index (κ3) is 3.06. The highest BCUT2D eigenvalue weighted by Crippen LogP contribution is 2.20. The lowest BCUT2D eigenvalue weighted by atomic mass is 9.90. The second kappa shape index (κ2) is 5.72. The Hall–Kier alpha value is -2.73. The van der Waals surface area contributed by atoms with E-state index in [2.05, 4.69) is 0 Å². The lowest BCUT2D eigenvalue weighted by Gasteiger charge is -2.17. The SMILES string of the molecule is O=C(/C=C/c1ccc(O)cc1)C1=C(O)C(O)C(=O)CC1=O. The van der Waals surface area contributed by atoms with Crippen LogP contribution in [0.25, 0.3) is 6.08 Å². The van der Waals surface area contributed by atoms with E-state index in [0.29, 0.717) is 5.56 Å². The van der Waals surface area contributed by atoms with Crippen LogP contribution in [0.2, 0.25) is 0 Å². The number of carbonyl (C=O) groups excluding carboxylic acids is 3. The van der Waals surface area contributed by atoms with E-state index in [1.54, 1.807) is 12.1 Å². The van der Waals surface area contributed by atoms with Crippen LogP contribution >= 0.6 is 0 Å². The number of aliphatic hydroxyl groups excluding tert-OH is 2. The van der Waals surface area contributed by atoms with Crippen molar-refractivity contribution < 1.29 is 29.7 Å².